The van der Waals surface area contributed by atoms with Gasteiger partial charge in [0.25, 0.3) is 5.69 Å². The zero-order chi connectivity index (χ0) is 15.6. The molecule has 0 aliphatic rings. The summed E-state index contributed by atoms with van der Waals surface area (Å²) in [7, 11) is -3.88. The van der Waals surface area contributed by atoms with Gasteiger partial charge in [-0.3, -0.25) is 10.1 Å². The van der Waals surface area contributed by atoms with Gasteiger partial charge in [-0.05, 0) is 40.2 Å². The van der Waals surface area contributed by atoms with Crippen LogP contribution in [0.5, 0.6) is 0 Å². The Morgan fingerprint density at radius 2 is 1.81 bits per heavy atom. The van der Waals surface area contributed by atoms with E-state index in [4.69, 9.17) is 5.26 Å². The predicted molar refractivity (Wildman–Crippen MR) is 75.2 cm³/mol. The molecule has 106 valence electrons. The van der Waals surface area contributed by atoms with E-state index in [0.717, 1.165) is 30.3 Å². The summed E-state index contributed by atoms with van der Waals surface area (Å²) >= 11 is 3.03. The molecule has 0 radical (unpaired) electrons. The summed E-state index contributed by atoms with van der Waals surface area (Å²) in [4.78, 5) is 13.5. The third-order valence-corrected chi connectivity index (χ3v) is 4.71. The smallest absolute Gasteiger partial charge is 0.258 e. The van der Waals surface area contributed by atoms with Gasteiger partial charge in [-0.25, -0.2) is 13.4 Å². The van der Waals surface area contributed by atoms with Gasteiger partial charge in [-0.1, -0.05) is 0 Å². The van der Waals surface area contributed by atoms with Crippen molar-refractivity contribution in [3.8, 4) is 6.07 Å². The Kier molecular flexibility index (Phi) is 4.02. The molecule has 0 atom stereocenters. The van der Waals surface area contributed by atoms with Crippen molar-refractivity contribution in [2.75, 3.05) is 0 Å². The van der Waals surface area contributed by atoms with E-state index in [-0.39, 0.29) is 25.8 Å². The molecule has 0 aliphatic carbocycles. The fourth-order valence-corrected chi connectivity index (χ4v) is 3.46. The molecule has 0 amide bonds. The first-order valence-corrected chi connectivity index (χ1v) is 7.69. The zero-order valence-electron chi connectivity index (χ0n) is 10.2. The number of aromatic nitrogens is 1. The number of nitro benzene ring substituents is 1. The van der Waals surface area contributed by atoms with E-state index < -0.39 is 14.8 Å². The van der Waals surface area contributed by atoms with Gasteiger partial charge in [0.05, 0.1) is 14.7 Å². The van der Waals surface area contributed by atoms with Gasteiger partial charge in [0, 0.05) is 12.1 Å². The first-order valence-electron chi connectivity index (χ1n) is 5.42. The second-order valence-electron chi connectivity index (χ2n) is 3.88. The summed E-state index contributed by atoms with van der Waals surface area (Å²) < 4.78 is 25.0. The molecule has 7 nitrogen and oxygen atoms in total. The molecule has 1 aromatic heterocycles. The molecule has 21 heavy (non-hydrogen) atoms. The number of sulfone groups is 1. The topological polar surface area (TPSA) is 114 Å². The number of pyridine rings is 1. The maximum Gasteiger partial charge on any atom is 0.269 e. The molecule has 0 fully saturated rings. The Labute approximate surface area is 128 Å². The third-order valence-electron chi connectivity index (χ3n) is 2.55. The molecule has 0 aliphatic heterocycles. The van der Waals surface area contributed by atoms with Crippen LogP contribution in [0.2, 0.25) is 0 Å². The highest BCUT2D eigenvalue weighted by Gasteiger charge is 2.20. The second kappa shape index (κ2) is 5.59. The number of halogens is 1. The summed E-state index contributed by atoms with van der Waals surface area (Å²) in [6, 6.07) is 8.67. The Bertz CT molecular complexity index is 857. The summed E-state index contributed by atoms with van der Waals surface area (Å²) in [5.74, 6) is 0. The first-order chi connectivity index (χ1) is 9.84. The molecule has 0 N–H and O–H groups in total. The van der Waals surface area contributed by atoms with Crippen molar-refractivity contribution in [1.82, 2.24) is 4.98 Å². The van der Waals surface area contributed by atoms with E-state index in [1.165, 1.54) is 6.07 Å². The lowest BCUT2D eigenvalue weighted by Crippen LogP contribution is -2.03. The molecule has 0 saturated heterocycles. The van der Waals surface area contributed by atoms with E-state index in [1.807, 2.05) is 0 Å². The molecular formula is C12H6BrN3O4S. The summed E-state index contributed by atoms with van der Waals surface area (Å²) in [5.41, 5.74) is -0.257. The minimum atomic E-state index is -3.88. The summed E-state index contributed by atoms with van der Waals surface area (Å²) in [6.45, 7) is 0. The SMILES string of the molecule is N#Cc1cc(S(=O)(=O)c2ccc([N+](=O)[O-])cc2)cc(Br)n1. The highest BCUT2D eigenvalue weighted by molar-refractivity contribution is 9.10. The number of hydrogen-bond acceptors (Lipinski definition) is 6. The Hall–Kier alpha value is -2.31. The molecule has 9 heteroatoms. The minimum absolute atomic E-state index is 0.0511. The summed E-state index contributed by atoms with van der Waals surface area (Å²) in [5, 5.41) is 19.4. The third kappa shape index (κ3) is 3.07. The monoisotopic (exact) mass is 367 g/mol. The largest absolute Gasteiger partial charge is 0.269 e. The maximum absolute atomic E-state index is 12.4. The molecule has 0 bridgehead atoms. The van der Waals surface area contributed by atoms with Crippen molar-refractivity contribution in [3.63, 3.8) is 0 Å². The average Bonchev–Trinajstić information content (AvgIpc) is 2.46. The van der Waals surface area contributed by atoms with Crippen molar-refractivity contribution >= 4 is 31.5 Å². The lowest BCUT2D eigenvalue weighted by atomic mass is 10.3. The highest BCUT2D eigenvalue weighted by Crippen LogP contribution is 2.25. The van der Waals surface area contributed by atoms with Crippen LogP contribution >= 0.6 is 15.9 Å². The fourth-order valence-electron chi connectivity index (χ4n) is 1.57. The van der Waals surface area contributed by atoms with Gasteiger partial charge in [-0.2, -0.15) is 5.26 Å². The minimum Gasteiger partial charge on any atom is -0.258 e. The van der Waals surface area contributed by atoms with Crippen molar-refractivity contribution < 1.29 is 13.3 Å². The summed E-state index contributed by atoms with van der Waals surface area (Å²) in [6.07, 6.45) is 0. The molecule has 1 aromatic carbocycles. The lowest BCUT2D eigenvalue weighted by molar-refractivity contribution is -0.384. The fraction of sp³-hybridized carbons (Fsp3) is 0. The number of hydrogen-bond donors (Lipinski definition) is 0. The van der Waals surface area contributed by atoms with Crippen molar-refractivity contribution in [3.05, 3.63) is 56.8 Å². The molecule has 2 rings (SSSR count). The van der Waals surface area contributed by atoms with Crippen LogP contribution in [0.1, 0.15) is 5.69 Å². The van der Waals surface area contributed by atoms with Crippen LogP contribution in [-0.4, -0.2) is 18.3 Å². The highest BCUT2D eigenvalue weighted by atomic mass is 79.9. The predicted octanol–water partition coefficient (Wildman–Crippen LogP) is 2.46. The Balaban J connectivity index is 2.54. The van der Waals surface area contributed by atoms with Crippen LogP contribution in [0, 0.1) is 21.4 Å². The van der Waals surface area contributed by atoms with Crippen LogP contribution < -0.4 is 0 Å². The van der Waals surface area contributed by atoms with Gasteiger partial charge in [0.1, 0.15) is 16.4 Å². The Morgan fingerprint density at radius 3 is 2.33 bits per heavy atom. The molecular weight excluding hydrogens is 362 g/mol. The number of nitrogens with zero attached hydrogens (tertiary/aromatic N) is 3. The lowest BCUT2D eigenvalue weighted by Gasteiger charge is -2.05. The maximum atomic E-state index is 12.4. The van der Waals surface area contributed by atoms with Crippen molar-refractivity contribution in [2.45, 2.75) is 9.79 Å². The van der Waals surface area contributed by atoms with E-state index in [9.17, 15) is 18.5 Å². The average molecular weight is 368 g/mol. The molecule has 0 spiro atoms. The van der Waals surface area contributed by atoms with E-state index >= 15 is 0 Å². The van der Waals surface area contributed by atoms with Gasteiger partial charge in [-0.15, -0.1) is 0 Å². The van der Waals surface area contributed by atoms with E-state index in [0.29, 0.717) is 0 Å². The van der Waals surface area contributed by atoms with Crippen LogP contribution in [0.4, 0.5) is 5.69 Å². The van der Waals surface area contributed by atoms with Gasteiger partial charge in [0.2, 0.25) is 9.84 Å². The number of nitriles is 1. The van der Waals surface area contributed by atoms with Crippen molar-refractivity contribution in [1.29, 1.82) is 5.26 Å². The molecule has 2 aromatic rings. The van der Waals surface area contributed by atoms with E-state index in [2.05, 4.69) is 20.9 Å². The van der Waals surface area contributed by atoms with E-state index in [1.54, 1.807) is 6.07 Å². The number of nitro groups is 1. The number of benzene rings is 1. The first kappa shape index (κ1) is 15.1. The molecule has 0 saturated carbocycles. The van der Waals surface area contributed by atoms with Crippen LogP contribution in [0.25, 0.3) is 0 Å². The van der Waals surface area contributed by atoms with Gasteiger partial charge >= 0.3 is 0 Å². The molecule has 1 heterocycles. The van der Waals surface area contributed by atoms with Crippen molar-refractivity contribution in [2.24, 2.45) is 0 Å². The normalized spacial score (nSPS) is 10.9. The number of rotatable bonds is 3. The standard InChI is InChI=1S/C12H6BrN3O4S/c13-12-6-11(5-8(7-14)15-12)21(19,20)10-3-1-9(2-4-10)16(17)18/h1-6H. The second-order valence-corrected chi connectivity index (χ2v) is 6.64. The van der Waals surface area contributed by atoms with Gasteiger partial charge in [0.15, 0.2) is 0 Å². The van der Waals surface area contributed by atoms with Crippen LogP contribution in [0.15, 0.2) is 50.8 Å². The van der Waals surface area contributed by atoms with Crippen LogP contribution in [0.3, 0.4) is 0 Å². The zero-order valence-corrected chi connectivity index (χ0v) is 12.6. The van der Waals surface area contributed by atoms with Crippen LogP contribution in [-0.2, 0) is 9.84 Å². The molecule has 0 unspecified atom stereocenters. The Morgan fingerprint density at radius 1 is 1.19 bits per heavy atom. The van der Waals surface area contributed by atoms with Gasteiger partial charge < -0.3 is 0 Å². The quantitative estimate of drug-likeness (QED) is 0.467. The number of non-ortho nitro benzene ring substituents is 1.